The van der Waals surface area contributed by atoms with Crippen LogP contribution in [0.15, 0.2) is 23.1 Å². The molecule has 4 rings (SSSR count). The van der Waals surface area contributed by atoms with Crippen LogP contribution >= 0.6 is 11.6 Å². The Morgan fingerprint density at radius 3 is 3.00 bits per heavy atom. The van der Waals surface area contributed by atoms with Gasteiger partial charge in [-0.2, -0.15) is 0 Å². The average Bonchev–Trinajstić information content (AvgIpc) is 2.91. The van der Waals surface area contributed by atoms with Crippen LogP contribution in [0, 0.1) is 0 Å². The van der Waals surface area contributed by atoms with Gasteiger partial charge in [-0.1, -0.05) is 11.6 Å². The molecule has 0 bridgehead atoms. The molecule has 23 heavy (non-hydrogen) atoms. The van der Waals surface area contributed by atoms with E-state index in [9.17, 15) is 9.90 Å². The Bertz CT molecular complexity index is 822. The van der Waals surface area contributed by atoms with Gasteiger partial charge in [-0.15, -0.1) is 0 Å². The molecule has 1 fully saturated rings. The van der Waals surface area contributed by atoms with Crippen LogP contribution in [-0.2, 0) is 6.54 Å². The van der Waals surface area contributed by atoms with E-state index >= 15 is 0 Å². The third-order valence-electron chi connectivity index (χ3n) is 5.00. The summed E-state index contributed by atoms with van der Waals surface area (Å²) < 4.78 is 1.76. The van der Waals surface area contributed by atoms with Crippen molar-refractivity contribution in [3.63, 3.8) is 0 Å². The minimum absolute atomic E-state index is 0.0222. The molecule has 0 radical (unpaired) electrons. The molecule has 7 heteroatoms. The van der Waals surface area contributed by atoms with Gasteiger partial charge in [-0.25, -0.2) is 0 Å². The Balaban J connectivity index is 1.68. The Morgan fingerprint density at radius 2 is 2.22 bits per heavy atom. The van der Waals surface area contributed by atoms with Gasteiger partial charge in [-0.05, 0) is 19.0 Å². The second kappa shape index (κ2) is 5.56. The number of rotatable bonds is 2. The Kier molecular flexibility index (Phi) is 3.65. The van der Waals surface area contributed by atoms with Gasteiger partial charge in [0.2, 0.25) is 0 Å². The van der Waals surface area contributed by atoms with Gasteiger partial charge >= 0.3 is 0 Å². The van der Waals surface area contributed by atoms with Crippen molar-refractivity contribution in [2.75, 3.05) is 19.6 Å². The maximum Gasteiger partial charge on any atom is 0.251 e. The molecule has 1 unspecified atom stereocenters. The number of hydrogen-bond donors (Lipinski definition) is 2. The van der Waals surface area contributed by atoms with E-state index in [1.54, 1.807) is 22.9 Å². The fourth-order valence-electron chi connectivity index (χ4n) is 3.79. The highest BCUT2D eigenvalue weighted by Gasteiger charge is 2.32. The summed E-state index contributed by atoms with van der Waals surface area (Å²) in [4.78, 5) is 18.7. The number of aromatic nitrogens is 2. The summed E-state index contributed by atoms with van der Waals surface area (Å²) in [5.74, 6) is 0.129. The number of piperidine rings is 1. The second-order valence-corrected chi connectivity index (χ2v) is 6.92. The summed E-state index contributed by atoms with van der Waals surface area (Å²) in [6, 6.07) is 3.16. The first-order valence-electron chi connectivity index (χ1n) is 7.88. The molecule has 3 atom stereocenters. The molecule has 3 N–H and O–H groups in total. The first-order valence-corrected chi connectivity index (χ1v) is 8.26. The average molecular weight is 335 g/mol. The molecular formula is C16H19ClN4O2. The van der Waals surface area contributed by atoms with Crippen molar-refractivity contribution in [2.45, 2.75) is 31.0 Å². The van der Waals surface area contributed by atoms with Gasteiger partial charge in [-0.3, -0.25) is 14.7 Å². The monoisotopic (exact) mass is 334 g/mol. The molecule has 2 aromatic rings. The third-order valence-corrected chi connectivity index (χ3v) is 5.30. The van der Waals surface area contributed by atoms with E-state index in [1.807, 2.05) is 0 Å². The van der Waals surface area contributed by atoms with E-state index in [4.69, 9.17) is 17.3 Å². The van der Waals surface area contributed by atoms with E-state index in [2.05, 4.69) is 9.88 Å². The number of aliphatic hydroxyl groups is 1. The summed E-state index contributed by atoms with van der Waals surface area (Å²) in [7, 11) is 0. The van der Waals surface area contributed by atoms with Crippen molar-refractivity contribution in [3.8, 4) is 0 Å². The lowest BCUT2D eigenvalue weighted by Gasteiger charge is -2.35. The standard InChI is InChI=1S/C16H19ClN4O2/c17-10-5-19-12-1-2-14(23)21-7-9(15(10)16(12)21)6-20-4-3-11(18)13(22)8-20/h1-2,5,9,11,13,22H,3-4,6-8,18H2/t9?,11-,13+/m0/s1. The summed E-state index contributed by atoms with van der Waals surface area (Å²) in [6.07, 6.45) is 1.94. The van der Waals surface area contributed by atoms with Crippen molar-refractivity contribution in [1.29, 1.82) is 0 Å². The van der Waals surface area contributed by atoms with E-state index in [0.717, 1.165) is 36.1 Å². The molecule has 1 saturated heterocycles. The fourth-order valence-corrected chi connectivity index (χ4v) is 4.08. The van der Waals surface area contributed by atoms with Crippen molar-refractivity contribution >= 4 is 22.6 Å². The lowest BCUT2D eigenvalue weighted by molar-refractivity contribution is 0.0502. The molecule has 6 nitrogen and oxygen atoms in total. The number of likely N-dealkylation sites (tertiary alicyclic amines) is 1. The van der Waals surface area contributed by atoms with Gasteiger partial charge < -0.3 is 15.4 Å². The van der Waals surface area contributed by atoms with Crippen LogP contribution in [0.25, 0.3) is 11.0 Å². The maximum atomic E-state index is 12.2. The van der Waals surface area contributed by atoms with E-state index < -0.39 is 6.10 Å². The van der Waals surface area contributed by atoms with Crippen LogP contribution in [-0.4, -0.2) is 51.3 Å². The zero-order valence-electron chi connectivity index (χ0n) is 12.7. The molecule has 0 spiro atoms. The number of nitrogens with zero attached hydrogens (tertiary/aromatic N) is 3. The topological polar surface area (TPSA) is 84.4 Å². The molecular weight excluding hydrogens is 316 g/mol. The largest absolute Gasteiger partial charge is 0.390 e. The zero-order chi connectivity index (χ0) is 16.1. The maximum absolute atomic E-state index is 12.2. The van der Waals surface area contributed by atoms with Crippen molar-refractivity contribution in [1.82, 2.24) is 14.5 Å². The van der Waals surface area contributed by atoms with Crippen molar-refractivity contribution in [2.24, 2.45) is 5.73 Å². The molecule has 4 heterocycles. The Hall–Kier alpha value is -1.47. The quantitative estimate of drug-likeness (QED) is 0.837. The number of aliphatic hydroxyl groups excluding tert-OH is 1. The number of halogens is 1. The smallest absolute Gasteiger partial charge is 0.251 e. The third kappa shape index (κ3) is 2.46. The first-order chi connectivity index (χ1) is 11.0. The van der Waals surface area contributed by atoms with Gasteiger partial charge in [0, 0.05) is 49.4 Å². The van der Waals surface area contributed by atoms with Crippen LogP contribution in [0.1, 0.15) is 17.9 Å². The molecule has 0 aromatic carbocycles. The minimum Gasteiger partial charge on any atom is -0.390 e. The molecule has 122 valence electrons. The molecule has 2 aromatic heterocycles. The number of β-amino-alcohol motifs (C(OH)–C–C–N with tert-alkyl or cyclic N) is 1. The van der Waals surface area contributed by atoms with Crippen LogP contribution < -0.4 is 11.3 Å². The van der Waals surface area contributed by atoms with Crippen LogP contribution in [0.2, 0.25) is 5.02 Å². The van der Waals surface area contributed by atoms with Crippen LogP contribution in [0.4, 0.5) is 0 Å². The summed E-state index contributed by atoms with van der Waals surface area (Å²) in [6.45, 7) is 2.78. The lowest BCUT2D eigenvalue weighted by atomic mass is 9.97. The number of hydrogen-bond acceptors (Lipinski definition) is 5. The summed E-state index contributed by atoms with van der Waals surface area (Å²) in [5, 5.41) is 10.6. The number of pyridine rings is 2. The van der Waals surface area contributed by atoms with Crippen molar-refractivity contribution in [3.05, 3.63) is 39.3 Å². The van der Waals surface area contributed by atoms with Gasteiger partial charge in [0.1, 0.15) is 0 Å². The van der Waals surface area contributed by atoms with Crippen LogP contribution in [0.5, 0.6) is 0 Å². The second-order valence-electron chi connectivity index (χ2n) is 6.51. The normalized spacial score (nSPS) is 27.7. The molecule has 2 aliphatic heterocycles. The first kappa shape index (κ1) is 15.1. The Labute approximate surface area is 138 Å². The van der Waals surface area contributed by atoms with Gasteiger partial charge in [0.15, 0.2) is 0 Å². The number of nitrogens with two attached hydrogens (primary N) is 1. The summed E-state index contributed by atoms with van der Waals surface area (Å²) >= 11 is 6.39. The molecule has 0 saturated carbocycles. The molecule has 0 amide bonds. The molecule has 2 aliphatic rings. The van der Waals surface area contributed by atoms with E-state index in [0.29, 0.717) is 18.1 Å². The predicted molar refractivity (Wildman–Crippen MR) is 88.8 cm³/mol. The highest BCUT2D eigenvalue weighted by atomic mass is 35.5. The fraction of sp³-hybridized carbons (Fsp3) is 0.500. The highest BCUT2D eigenvalue weighted by molar-refractivity contribution is 6.32. The zero-order valence-corrected chi connectivity index (χ0v) is 13.4. The van der Waals surface area contributed by atoms with E-state index in [-0.39, 0.29) is 17.5 Å². The Morgan fingerprint density at radius 1 is 1.39 bits per heavy atom. The van der Waals surface area contributed by atoms with E-state index in [1.165, 1.54) is 0 Å². The van der Waals surface area contributed by atoms with Gasteiger partial charge in [0.25, 0.3) is 5.56 Å². The van der Waals surface area contributed by atoms with Gasteiger partial charge in [0.05, 0.1) is 22.2 Å². The lowest BCUT2D eigenvalue weighted by Crippen LogP contribution is -2.51. The minimum atomic E-state index is -0.497. The van der Waals surface area contributed by atoms with Crippen molar-refractivity contribution < 1.29 is 5.11 Å². The van der Waals surface area contributed by atoms with Crippen LogP contribution in [0.3, 0.4) is 0 Å². The molecule has 0 aliphatic carbocycles. The SMILES string of the molecule is N[C@H]1CCN(CC2Cn3c(=O)ccc4ncc(Cl)c2c43)C[C@H]1O. The summed E-state index contributed by atoms with van der Waals surface area (Å²) in [5.41, 5.74) is 8.50. The predicted octanol–water partition coefficient (Wildman–Crippen LogP) is 0.541. The highest BCUT2D eigenvalue weighted by Crippen LogP contribution is 2.37.